The van der Waals surface area contributed by atoms with Crippen molar-refractivity contribution in [1.82, 2.24) is 4.57 Å². The van der Waals surface area contributed by atoms with E-state index in [1.54, 1.807) is 12.1 Å². The summed E-state index contributed by atoms with van der Waals surface area (Å²) >= 11 is 0. The third-order valence-electron chi connectivity index (χ3n) is 4.36. The number of nitrogens with zero attached hydrogens (tertiary/aromatic N) is 1. The SMILES string of the molecule is Cc1cc(C(=O)O[C@H](C)C(=O)Nc2cccc(F)c2)c(C)n1C1CC1. The maximum atomic E-state index is 13.2. The molecule has 1 N–H and O–H groups in total. The lowest BCUT2D eigenvalue weighted by molar-refractivity contribution is -0.123. The Kier molecular flexibility index (Phi) is 4.61. The van der Waals surface area contributed by atoms with Crippen LogP contribution in [0.2, 0.25) is 0 Å². The highest BCUT2D eigenvalue weighted by molar-refractivity contribution is 5.97. The van der Waals surface area contributed by atoms with Gasteiger partial charge in [0.2, 0.25) is 0 Å². The zero-order chi connectivity index (χ0) is 18.1. The Bertz CT molecular complexity index is 824. The van der Waals surface area contributed by atoms with E-state index < -0.39 is 23.8 Å². The summed E-state index contributed by atoms with van der Waals surface area (Å²) in [6.45, 7) is 5.34. The minimum Gasteiger partial charge on any atom is -0.449 e. The molecule has 5 nitrogen and oxygen atoms in total. The van der Waals surface area contributed by atoms with E-state index in [1.165, 1.54) is 25.1 Å². The highest BCUT2D eigenvalue weighted by Gasteiger charge is 2.29. The number of carbonyl (C=O) groups excluding carboxylic acids is 2. The summed E-state index contributed by atoms with van der Waals surface area (Å²) in [6, 6.07) is 7.82. The van der Waals surface area contributed by atoms with Crippen molar-refractivity contribution in [3.8, 4) is 0 Å². The van der Waals surface area contributed by atoms with Gasteiger partial charge in [-0.2, -0.15) is 0 Å². The molecule has 1 atom stereocenters. The summed E-state index contributed by atoms with van der Waals surface area (Å²) in [5, 5.41) is 2.54. The Morgan fingerprint density at radius 3 is 2.64 bits per heavy atom. The summed E-state index contributed by atoms with van der Waals surface area (Å²) in [7, 11) is 0. The van der Waals surface area contributed by atoms with E-state index in [9.17, 15) is 14.0 Å². The summed E-state index contributed by atoms with van der Waals surface area (Å²) < 4.78 is 20.6. The van der Waals surface area contributed by atoms with Gasteiger partial charge in [0.15, 0.2) is 6.10 Å². The number of esters is 1. The normalized spacial score (nSPS) is 14.9. The monoisotopic (exact) mass is 344 g/mol. The first-order valence-corrected chi connectivity index (χ1v) is 8.32. The highest BCUT2D eigenvalue weighted by Crippen LogP contribution is 2.38. The number of aryl methyl sites for hydroxylation is 1. The van der Waals surface area contributed by atoms with Crippen LogP contribution in [-0.4, -0.2) is 22.5 Å². The molecule has 0 spiro atoms. The molecule has 0 radical (unpaired) electrons. The van der Waals surface area contributed by atoms with Crippen LogP contribution in [-0.2, 0) is 9.53 Å². The fourth-order valence-corrected chi connectivity index (χ4v) is 2.97. The van der Waals surface area contributed by atoms with Crippen LogP contribution in [0.15, 0.2) is 30.3 Å². The Morgan fingerprint density at radius 2 is 2.00 bits per heavy atom. The molecule has 0 saturated heterocycles. The molecular formula is C19H21FN2O3. The standard InChI is InChI=1S/C19H21FN2O3/c1-11-9-17(12(2)22(11)16-7-8-16)19(24)25-13(3)18(23)21-15-6-4-5-14(20)10-15/h4-6,9-10,13,16H,7-8H2,1-3H3,(H,21,23)/t13-/m1/s1. The van der Waals surface area contributed by atoms with E-state index in [0.29, 0.717) is 17.3 Å². The Morgan fingerprint density at radius 1 is 1.28 bits per heavy atom. The second-order valence-electron chi connectivity index (χ2n) is 6.43. The number of nitrogens with one attached hydrogen (secondary N) is 1. The van der Waals surface area contributed by atoms with Crippen LogP contribution in [0.25, 0.3) is 0 Å². The molecule has 1 aromatic carbocycles. The minimum atomic E-state index is -0.986. The molecule has 1 saturated carbocycles. The fraction of sp³-hybridized carbons (Fsp3) is 0.368. The molecule has 1 amide bonds. The molecule has 6 heteroatoms. The summed E-state index contributed by atoms with van der Waals surface area (Å²) in [5.74, 6) is -1.48. The van der Waals surface area contributed by atoms with E-state index in [0.717, 1.165) is 24.2 Å². The van der Waals surface area contributed by atoms with Crippen LogP contribution in [0.3, 0.4) is 0 Å². The van der Waals surface area contributed by atoms with Crippen molar-refractivity contribution in [1.29, 1.82) is 0 Å². The largest absolute Gasteiger partial charge is 0.449 e. The Hall–Kier alpha value is -2.63. The van der Waals surface area contributed by atoms with E-state index in [2.05, 4.69) is 9.88 Å². The summed E-state index contributed by atoms with van der Waals surface area (Å²) in [5.41, 5.74) is 2.68. The van der Waals surface area contributed by atoms with Crippen LogP contribution in [0.5, 0.6) is 0 Å². The topological polar surface area (TPSA) is 60.3 Å². The molecule has 1 fully saturated rings. The van der Waals surface area contributed by atoms with Gasteiger partial charge in [0.25, 0.3) is 5.91 Å². The maximum absolute atomic E-state index is 13.2. The molecule has 25 heavy (non-hydrogen) atoms. The minimum absolute atomic E-state index is 0.319. The van der Waals surface area contributed by atoms with Crippen molar-refractivity contribution >= 4 is 17.6 Å². The number of halogens is 1. The number of amides is 1. The summed E-state index contributed by atoms with van der Waals surface area (Å²) in [6.07, 6.45) is 1.26. The van der Waals surface area contributed by atoms with Gasteiger partial charge in [0, 0.05) is 23.1 Å². The molecular weight excluding hydrogens is 323 g/mol. The number of carbonyl (C=O) groups is 2. The van der Waals surface area contributed by atoms with Gasteiger partial charge < -0.3 is 14.6 Å². The fourth-order valence-electron chi connectivity index (χ4n) is 2.97. The lowest BCUT2D eigenvalue weighted by Gasteiger charge is -2.14. The second-order valence-corrected chi connectivity index (χ2v) is 6.43. The lowest BCUT2D eigenvalue weighted by atomic mass is 10.2. The highest BCUT2D eigenvalue weighted by atomic mass is 19.1. The van der Waals surface area contributed by atoms with Crippen LogP contribution in [0, 0.1) is 19.7 Å². The van der Waals surface area contributed by atoms with Crippen molar-refractivity contribution < 1.29 is 18.7 Å². The Labute approximate surface area is 145 Å². The summed E-state index contributed by atoms with van der Waals surface area (Å²) in [4.78, 5) is 24.6. The van der Waals surface area contributed by atoms with Gasteiger partial charge in [-0.15, -0.1) is 0 Å². The third-order valence-corrected chi connectivity index (χ3v) is 4.36. The molecule has 1 heterocycles. The quantitative estimate of drug-likeness (QED) is 0.840. The predicted molar refractivity (Wildman–Crippen MR) is 92.1 cm³/mol. The number of anilines is 1. The van der Waals surface area contributed by atoms with Gasteiger partial charge in [-0.25, -0.2) is 9.18 Å². The number of benzene rings is 1. The van der Waals surface area contributed by atoms with Crippen molar-refractivity contribution in [3.05, 3.63) is 53.1 Å². The van der Waals surface area contributed by atoms with E-state index in [-0.39, 0.29) is 0 Å². The smallest absolute Gasteiger partial charge is 0.340 e. The Balaban J connectivity index is 1.66. The van der Waals surface area contributed by atoms with Crippen molar-refractivity contribution in [3.63, 3.8) is 0 Å². The third kappa shape index (κ3) is 3.73. The van der Waals surface area contributed by atoms with Crippen LogP contribution in [0.4, 0.5) is 10.1 Å². The molecule has 0 aliphatic heterocycles. The van der Waals surface area contributed by atoms with Crippen LogP contribution < -0.4 is 5.32 Å². The molecule has 3 rings (SSSR count). The molecule has 1 aliphatic carbocycles. The first kappa shape index (κ1) is 17.2. The molecule has 0 unspecified atom stereocenters. The van der Waals surface area contributed by atoms with Gasteiger partial charge >= 0.3 is 5.97 Å². The van der Waals surface area contributed by atoms with E-state index in [1.807, 2.05) is 13.8 Å². The van der Waals surface area contributed by atoms with E-state index >= 15 is 0 Å². The van der Waals surface area contributed by atoms with E-state index in [4.69, 9.17) is 4.74 Å². The van der Waals surface area contributed by atoms with Gasteiger partial charge in [0.1, 0.15) is 5.82 Å². The van der Waals surface area contributed by atoms with Gasteiger partial charge in [-0.05, 0) is 57.9 Å². The predicted octanol–water partition coefficient (Wildman–Crippen LogP) is 3.76. The second kappa shape index (κ2) is 6.70. The molecule has 2 aromatic rings. The van der Waals surface area contributed by atoms with Gasteiger partial charge in [0.05, 0.1) is 5.56 Å². The van der Waals surface area contributed by atoms with Gasteiger partial charge in [-0.3, -0.25) is 4.79 Å². The van der Waals surface area contributed by atoms with Crippen molar-refractivity contribution in [2.45, 2.75) is 45.8 Å². The van der Waals surface area contributed by atoms with Crippen LogP contribution in [0.1, 0.15) is 47.6 Å². The molecule has 132 valence electrons. The number of hydrogen-bond acceptors (Lipinski definition) is 3. The molecule has 1 aromatic heterocycles. The number of rotatable bonds is 5. The van der Waals surface area contributed by atoms with Crippen LogP contribution >= 0.6 is 0 Å². The maximum Gasteiger partial charge on any atom is 0.340 e. The first-order chi connectivity index (χ1) is 11.9. The average molecular weight is 344 g/mol. The zero-order valence-corrected chi connectivity index (χ0v) is 14.5. The number of aromatic nitrogens is 1. The van der Waals surface area contributed by atoms with Crippen molar-refractivity contribution in [2.24, 2.45) is 0 Å². The molecule has 1 aliphatic rings. The zero-order valence-electron chi connectivity index (χ0n) is 14.5. The van der Waals surface area contributed by atoms with Gasteiger partial charge in [-0.1, -0.05) is 6.07 Å². The number of ether oxygens (including phenoxy) is 1. The average Bonchev–Trinajstić information content (AvgIpc) is 3.32. The number of hydrogen-bond donors (Lipinski definition) is 1. The first-order valence-electron chi connectivity index (χ1n) is 8.32. The van der Waals surface area contributed by atoms with Crippen molar-refractivity contribution in [2.75, 3.05) is 5.32 Å². The molecule has 0 bridgehead atoms. The lowest BCUT2D eigenvalue weighted by Crippen LogP contribution is -2.30.